The fourth-order valence-electron chi connectivity index (χ4n) is 6.45. The first-order chi connectivity index (χ1) is 23.1. The second-order valence-corrected chi connectivity index (χ2v) is 15.5. The zero-order chi connectivity index (χ0) is 35.7. The highest BCUT2D eigenvalue weighted by atomic mass is 31.2. The topological polar surface area (TPSA) is 141 Å². The Balaban J connectivity index is 4.11. The summed E-state index contributed by atoms with van der Waals surface area (Å²) in [6, 6.07) is 0. The molecule has 0 aliphatic carbocycles. The van der Waals surface area contributed by atoms with Crippen LogP contribution in [0.2, 0.25) is 0 Å². The van der Waals surface area contributed by atoms with Gasteiger partial charge in [0.15, 0.2) is 17.7 Å². The Morgan fingerprint density at radius 2 is 0.708 bits per heavy atom. The normalized spacial score (nSPS) is 13.9. The molecule has 0 aliphatic rings. The maximum Gasteiger partial charge on any atom is 0.470 e. The number of hydrogen-bond acceptors (Lipinski definition) is 6. The van der Waals surface area contributed by atoms with Crippen molar-refractivity contribution in [1.29, 1.82) is 0 Å². The van der Waals surface area contributed by atoms with Crippen LogP contribution in [0.15, 0.2) is 0 Å². The predicted octanol–water partition coefficient (Wildman–Crippen LogP) is 10.8. The summed E-state index contributed by atoms with van der Waals surface area (Å²) in [7, 11) is -5.13. The highest BCUT2D eigenvalue weighted by Gasteiger charge is 2.39. The molecule has 0 fully saturated rings. The molecule has 0 rings (SSSR count). The third-order valence-corrected chi connectivity index (χ3v) is 10.1. The molecule has 0 spiro atoms. The lowest BCUT2D eigenvalue weighted by atomic mass is 9.95. The van der Waals surface area contributed by atoms with E-state index in [-0.39, 0.29) is 12.8 Å². The van der Waals surface area contributed by atoms with Crippen LogP contribution in [-0.4, -0.2) is 49.9 Å². The van der Waals surface area contributed by atoms with Gasteiger partial charge in [0.25, 0.3) is 0 Å². The zero-order valence-electron chi connectivity index (χ0n) is 31.2. The van der Waals surface area contributed by atoms with Crippen molar-refractivity contribution in [1.82, 2.24) is 0 Å². The summed E-state index contributed by atoms with van der Waals surface area (Å²) in [4.78, 5) is 44.0. The van der Waals surface area contributed by atoms with Crippen molar-refractivity contribution in [2.75, 3.05) is 0 Å². The first-order valence-electron chi connectivity index (χ1n) is 20.3. The lowest BCUT2D eigenvalue weighted by Gasteiger charge is -2.25. The molecule has 48 heavy (non-hydrogen) atoms. The summed E-state index contributed by atoms with van der Waals surface area (Å²) in [5.41, 5.74) is 0. The average molecular weight is 705 g/mol. The van der Waals surface area contributed by atoms with E-state index in [1.54, 1.807) is 0 Å². The van der Waals surface area contributed by atoms with E-state index in [1.807, 2.05) is 0 Å². The fourth-order valence-corrected chi connectivity index (χ4v) is 6.98. The molecular weight excluding hydrogens is 627 g/mol. The van der Waals surface area contributed by atoms with Crippen molar-refractivity contribution in [3.63, 3.8) is 0 Å². The number of rotatable bonds is 38. The summed E-state index contributed by atoms with van der Waals surface area (Å²) < 4.78 is 16.1. The minimum absolute atomic E-state index is 0.0341. The van der Waals surface area contributed by atoms with E-state index in [0.29, 0.717) is 12.8 Å². The smallest absolute Gasteiger partial charge is 0.387 e. The largest absolute Gasteiger partial charge is 0.470 e. The molecule has 0 aliphatic heterocycles. The van der Waals surface area contributed by atoms with Crippen molar-refractivity contribution in [2.45, 2.75) is 238 Å². The van der Waals surface area contributed by atoms with Gasteiger partial charge in [0.1, 0.15) is 12.2 Å². The van der Waals surface area contributed by atoms with Crippen molar-refractivity contribution in [3.8, 4) is 0 Å². The molecule has 0 aromatic rings. The summed E-state index contributed by atoms with van der Waals surface area (Å²) in [6.07, 6.45) is 29.5. The van der Waals surface area contributed by atoms with Crippen molar-refractivity contribution in [2.24, 2.45) is 0 Å². The molecule has 4 N–H and O–H groups in total. The number of carbonyl (C=O) groups excluding carboxylic acids is 2. The number of phosphoric ester groups is 1. The van der Waals surface area contributed by atoms with Crippen molar-refractivity contribution in [3.05, 3.63) is 0 Å². The monoisotopic (exact) mass is 705 g/mol. The SMILES string of the molecule is CCCCCCCCCCCCCCCCCC(=O)C(O)C(O)C(OP(=O)(O)O)C(=O)CCCCCCCCCCCCCCCCC. The van der Waals surface area contributed by atoms with Gasteiger partial charge in [-0.1, -0.05) is 194 Å². The van der Waals surface area contributed by atoms with E-state index < -0.39 is 37.7 Å². The van der Waals surface area contributed by atoms with Gasteiger partial charge in [-0.3, -0.25) is 14.1 Å². The van der Waals surface area contributed by atoms with E-state index in [1.165, 1.54) is 135 Å². The van der Waals surface area contributed by atoms with Crippen LogP contribution >= 0.6 is 7.82 Å². The van der Waals surface area contributed by atoms with Crippen LogP contribution < -0.4 is 0 Å². The fraction of sp³-hybridized carbons (Fsp3) is 0.949. The van der Waals surface area contributed by atoms with Crippen LogP contribution in [0.25, 0.3) is 0 Å². The van der Waals surface area contributed by atoms with E-state index in [4.69, 9.17) is 0 Å². The Kier molecular flexibility index (Phi) is 33.1. The molecule has 0 bridgehead atoms. The third-order valence-electron chi connectivity index (χ3n) is 9.59. The molecule has 3 atom stereocenters. The Morgan fingerprint density at radius 3 is 0.979 bits per heavy atom. The highest BCUT2D eigenvalue weighted by Crippen LogP contribution is 2.39. The molecule has 0 aromatic carbocycles. The molecule has 0 aromatic heterocycles. The van der Waals surface area contributed by atoms with Gasteiger partial charge in [-0.15, -0.1) is 0 Å². The summed E-state index contributed by atoms with van der Waals surface area (Å²) in [5.74, 6) is -1.35. The number of aliphatic hydroxyl groups excluding tert-OH is 2. The molecule has 0 saturated heterocycles. The quantitative estimate of drug-likeness (QED) is 0.0367. The minimum Gasteiger partial charge on any atom is -0.387 e. The Labute approximate surface area is 295 Å². The Bertz CT molecular complexity index is 786. The van der Waals surface area contributed by atoms with Gasteiger partial charge >= 0.3 is 7.82 Å². The van der Waals surface area contributed by atoms with Crippen LogP contribution in [0.4, 0.5) is 0 Å². The van der Waals surface area contributed by atoms with Gasteiger partial charge < -0.3 is 20.0 Å². The second-order valence-electron chi connectivity index (χ2n) is 14.3. The molecule has 286 valence electrons. The molecule has 0 amide bonds. The van der Waals surface area contributed by atoms with Gasteiger partial charge in [-0.2, -0.15) is 0 Å². The van der Waals surface area contributed by atoms with Gasteiger partial charge in [-0.05, 0) is 12.8 Å². The summed E-state index contributed by atoms with van der Waals surface area (Å²) in [6.45, 7) is 4.49. The summed E-state index contributed by atoms with van der Waals surface area (Å²) >= 11 is 0. The van der Waals surface area contributed by atoms with Gasteiger partial charge in [0, 0.05) is 12.8 Å². The Morgan fingerprint density at radius 1 is 0.458 bits per heavy atom. The summed E-state index contributed by atoms with van der Waals surface area (Å²) in [5, 5.41) is 21.0. The van der Waals surface area contributed by atoms with E-state index in [9.17, 15) is 34.2 Å². The molecule has 0 heterocycles. The lowest BCUT2D eigenvalue weighted by molar-refractivity contribution is -0.146. The number of hydrogen-bond donors (Lipinski definition) is 4. The standard InChI is InChI=1S/C39H77O8P/c1-3-5-7-9-11-13-15-17-19-21-23-25-27-29-31-33-35(40)37(42)38(43)39(47-48(44,45)46)36(41)34-32-30-28-26-24-22-20-18-16-14-12-10-8-6-4-2/h37-39,42-43H,3-34H2,1-2H3,(H2,44,45,46). The molecule has 3 unspecified atom stereocenters. The molecule has 9 heteroatoms. The molecule has 8 nitrogen and oxygen atoms in total. The van der Waals surface area contributed by atoms with E-state index in [0.717, 1.165) is 44.9 Å². The van der Waals surface area contributed by atoms with Crippen molar-refractivity contribution >= 4 is 19.4 Å². The van der Waals surface area contributed by atoms with Crippen LogP contribution in [0.3, 0.4) is 0 Å². The zero-order valence-corrected chi connectivity index (χ0v) is 32.1. The predicted molar refractivity (Wildman–Crippen MR) is 198 cm³/mol. The molecule has 0 saturated carbocycles. The molecular formula is C39H77O8P. The maximum absolute atomic E-state index is 12.8. The average Bonchev–Trinajstić information content (AvgIpc) is 3.05. The van der Waals surface area contributed by atoms with Crippen LogP contribution in [0.5, 0.6) is 0 Å². The number of carbonyl (C=O) groups is 2. The first-order valence-corrected chi connectivity index (χ1v) is 21.8. The highest BCUT2D eigenvalue weighted by molar-refractivity contribution is 7.46. The number of unbranched alkanes of at least 4 members (excludes halogenated alkanes) is 28. The maximum atomic E-state index is 12.8. The lowest BCUT2D eigenvalue weighted by Crippen LogP contribution is -2.47. The van der Waals surface area contributed by atoms with Crippen LogP contribution in [0, 0.1) is 0 Å². The number of aliphatic hydroxyl groups is 2. The van der Waals surface area contributed by atoms with Gasteiger partial charge in [-0.25, -0.2) is 4.57 Å². The van der Waals surface area contributed by atoms with Crippen LogP contribution in [-0.2, 0) is 18.7 Å². The first kappa shape index (κ1) is 47.4. The second kappa shape index (κ2) is 33.5. The Hall–Kier alpha value is -0.630. The number of ketones is 2. The number of phosphoric acid groups is 1. The minimum atomic E-state index is -5.13. The number of Topliss-reactive ketones (excluding diaryl/α,β-unsaturated/α-hetero) is 2. The van der Waals surface area contributed by atoms with Gasteiger partial charge in [0.05, 0.1) is 0 Å². The molecule has 0 radical (unpaired) electrons. The third kappa shape index (κ3) is 30.2. The van der Waals surface area contributed by atoms with Gasteiger partial charge in [0.2, 0.25) is 0 Å². The van der Waals surface area contributed by atoms with Crippen LogP contribution in [0.1, 0.15) is 219 Å². The van der Waals surface area contributed by atoms with E-state index in [2.05, 4.69) is 18.4 Å². The van der Waals surface area contributed by atoms with E-state index >= 15 is 0 Å². The van der Waals surface area contributed by atoms with Crippen molar-refractivity contribution < 1.29 is 38.7 Å².